The highest BCUT2D eigenvalue weighted by molar-refractivity contribution is 5.86. The molecule has 3 N–H and O–H groups in total. The Balaban J connectivity index is 2.03. The summed E-state index contributed by atoms with van der Waals surface area (Å²) < 4.78 is 1.99. The molecule has 0 aliphatic carbocycles. The van der Waals surface area contributed by atoms with E-state index in [0.29, 0.717) is 12.1 Å². The van der Waals surface area contributed by atoms with Crippen molar-refractivity contribution in [2.45, 2.75) is 12.6 Å². The monoisotopic (exact) mass is 323 g/mol. The molecular weight excluding hydrogens is 306 g/mol. The van der Waals surface area contributed by atoms with Crippen LogP contribution in [0.3, 0.4) is 0 Å². The van der Waals surface area contributed by atoms with E-state index in [-0.39, 0.29) is 0 Å². The van der Waals surface area contributed by atoms with E-state index in [1.807, 2.05) is 59.2 Å². The number of para-hydroxylation sites is 1. The first kappa shape index (κ1) is 15.8. The number of benzene rings is 2. The number of hydrogen-bond acceptors (Lipinski definition) is 3. The molecule has 3 aromatic rings. The largest absolute Gasteiger partial charge is 0.502 e. The number of nitrogens with zero attached hydrogens (tertiary/aromatic N) is 1. The number of carboxylic acid groups (broad SMARTS) is 1. The van der Waals surface area contributed by atoms with E-state index < -0.39 is 17.8 Å². The number of rotatable bonds is 5. The van der Waals surface area contributed by atoms with Crippen LogP contribution in [0.25, 0.3) is 10.9 Å². The van der Waals surface area contributed by atoms with Crippen molar-refractivity contribution in [3.05, 3.63) is 83.8 Å². The van der Waals surface area contributed by atoms with Gasteiger partial charge in [-0.15, -0.1) is 0 Å². The van der Waals surface area contributed by atoms with E-state index in [1.54, 1.807) is 6.20 Å². The molecule has 0 radical (unpaired) electrons. The molecule has 2 aromatic carbocycles. The molecule has 0 aliphatic heterocycles. The molecule has 0 saturated carbocycles. The van der Waals surface area contributed by atoms with Gasteiger partial charge in [-0.25, -0.2) is 4.79 Å². The summed E-state index contributed by atoms with van der Waals surface area (Å²) in [6, 6.07) is 17.5. The Hall–Kier alpha value is -3.05. The second-order valence-electron chi connectivity index (χ2n) is 5.52. The lowest BCUT2D eigenvalue weighted by Crippen LogP contribution is -2.03. The Kier molecular flexibility index (Phi) is 4.35. The predicted molar refractivity (Wildman–Crippen MR) is 90.8 cm³/mol. The van der Waals surface area contributed by atoms with E-state index in [4.69, 9.17) is 5.11 Å². The average Bonchev–Trinajstić information content (AvgIpc) is 2.94. The summed E-state index contributed by atoms with van der Waals surface area (Å²) in [7, 11) is 0. The topological polar surface area (TPSA) is 82.7 Å². The molecule has 0 fully saturated rings. The summed E-state index contributed by atoms with van der Waals surface area (Å²) in [5.41, 5.74) is 2.59. The summed E-state index contributed by atoms with van der Waals surface area (Å²) in [6.07, 6.45) is 1.51. The summed E-state index contributed by atoms with van der Waals surface area (Å²) in [5, 5.41) is 29.2. The number of aromatic nitrogens is 1. The van der Waals surface area contributed by atoms with Crippen molar-refractivity contribution in [3.63, 3.8) is 0 Å². The quantitative estimate of drug-likeness (QED) is 0.497. The highest BCUT2D eigenvalue weighted by Crippen LogP contribution is 2.28. The molecule has 3 rings (SSSR count). The SMILES string of the molecule is O=C(O)/C(O)=C\C(O)c1cn(Cc2ccccc2)c2ccccc12. The third-order valence-electron chi connectivity index (χ3n) is 3.87. The van der Waals surface area contributed by atoms with Gasteiger partial charge >= 0.3 is 5.97 Å². The number of fused-ring (bicyclic) bond motifs is 1. The Labute approximate surface area is 138 Å². The summed E-state index contributed by atoms with van der Waals surface area (Å²) in [5.74, 6) is -2.34. The number of carboxylic acids is 1. The fourth-order valence-electron chi connectivity index (χ4n) is 2.73. The van der Waals surface area contributed by atoms with Crippen molar-refractivity contribution in [2.24, 2.45) is 0 Å². The van der Waals surface area contributed by atoms with Crippen LogP contribution >= 0.6 is 0 Å². The van der Waals surface area contributed by atoms with Crippen molar-refractivity contribution in [2.75, 3.05) is 0 Å². The number of aliphatic carboxylic acids is 1. The smallest absolute Gasteiger partial charge is 0.370 e. The van der Waals surface area contributed by atoms with Gasteiger partial charge in [0.15, 0.2) is 0 Å². The van der Waals surface area contributed by atoms with Gasteiger partial charge in [-0.05, 0) is 17.7 Å². The molecule has 0 amide bonds. The van der Waals surface area contributed by atoms with Gasteiger partial charge < -0.3 is 19.9 Å². The molecule has 5 nitrogen and oxygen atoms in total. The first-order valence-corrected chi connectivity index (χ1v) is 7.50. The van der Waals surface area contributed by atoms with E-state index in [9.17, 15) is 15.0 Å². The van der Waals surface area contributed by atoms with E-state index in [1.165, 1.54) is 0 Å². The van der Waals surface area contributed by atoms with Crippen molar-refractivity contribution < 1.29 is 20.1 Å². The van der Waals surface area contributed by atoms with Crippen LogP contribution in [0.15, 0.2) is 72.6 Å². The van der Waals surface area contributed by atoms with Crippen LogP contribution in [0.4, 0.5) is 0 Å². The molecule has 24 heavy (non-hydrogen) atoms. The number of hydrogen-bond donors (Lipinski definition) is 3. The summed E-state index contributed by atoms with van der Waals surface area (Å²) >= 11 is 0. The van der Waals surface area contributed by atoms with Crippen LogP contribution in [0.5, 0.6) is 0 Å². The first-order chi connectivity index (χ1) is 11.6. The van der Waals surface area contributed by atoms with Gasteiger partial charge in [0.25, 0.3) is 0 Å². The van der Waals surface area contributed by atoms with Crippen molar-refractivity contribution in [1.82, 2.24) is 4.57 Å². The Morgan fingerprint density at radius 3 is 2.42 bits per heavy atom. The Bertz CT molecular complexity index is 896. The van der Waals surface area contributed by atoms with Gasteiger partial charge in [0.05, 0.1) is 0 Å². The summed E-state index contributed by atoms with van der Waals surface area (Å²) in [4.78, 5) is 10.7. The van der Waals surface area contributed by atoms with Crippen molar-refractivity contribution >= 4 is 16.9 Å². The maximum Gasteiger partial charge on any atom is 0.370 e. The second-order valence-corrected chi connectivity index (χ2v) is 5.52. The molecule has 1 unspecified atom stereocenters. The van der Waals surface area contributed by atoms with Crippen LogP contribution in [-0.2, 0) is 11.3 Å². The maximum atomic E-state index is 10.7. The standard InChI is InChI=1S/C19H17NO4/c21-17(10-18(22)19(23)24)15-12-20(11-13-6-2-1-3-7-13)16-9-5-4-8-14(15)16/h1-10,12,17,21-22H,11H2,(H,23,24)/b18-10+. The third kappa shape index (κ3) is 3.16. The molecule has 1 heterocycles. The third-order valence-corrected chi connectivity index (χ3v) is 3.87. The fourth-order valence-corrected chi connectivity index (χ4v) is 2.73. The van der Waals surface area contributed by atoms with Gasteiger partial charge in [0, 0.05) is 29.2 Å². The molecule has 1 aromatic heterocycles. The zero-order valence-corrected chi connectivity index (χ0v) is 12.8. The van der Waals surface area contributed by atoms with Gasteiger partial charge in [-0.2, -0.15) is 0 Å². The molecule has 122 valence electrons. The Morgan fingerprint density at radius 1 is 1.04 bits per heavy atom. The minimum Gasteiger partial charge on any atom is -0.502 e. The molecule has 0 saturated heterocycles. The van der Waals surface area contributed by atoms with Crippen LogP contribution in [0, 0.1) is 0 Å². The minimum atomic E-state index is -1.47. The van der Waals surface area contributed by atoms with Gasteiger partial charge in [0.2, 0.25) is 5.76 Å². The molecule has 0 aliphatic rings. The zero-order chi connectivity index (χ0) is 17.1. The number of carbonyl (C=O) groups is 1. The number of aliphatic hydroxyl groups is 2. The number of aliphatic hydroxyl groups excluding tert-OH is 2. The van der Waals surface area contributed by atoms with Crippen LogP contribution in [0.2, 0.25) is 0 Å². The summed E-state index contributed by atoms with van der Waals surface area (Å²) in [6.45, 7) is 0.628. The highest BCUT2D eigenvalue weighted by Gasteiger charge is 2.16. The maximum absolute atomic E-state index is 10.7. The van der Waals surface area contributed by atoms with Crippen molar-refractivity contribution in [3.8, 4) is 0 Å². The molecule has 0 bridgehead atoms. The average molecular weight is 323 g/mol. The lowest BCUT2D eigenvalue weighted by molar-refractivity contribution is -0.135. The van der Waals surface area contributed by atoms with Crippen LogP contribution in [0.1, 0.15) is 17.2 Å². The van der Waals surface area contributed by atoms with Crippen LogP contribution in [-0.4, -0.2) is 25.9 Å². The van der Waals surface area contributed by atoms with Crippen molar-refractivity contribution in [1.29, 1.82) is 0 Å². The lowest BCUT2D eigenvalue weighted by Gasteiger charge is -2.05. The van der Waals surface area contributed by atoms with E-state index in [2.05, 4.69) is 0 Å². The molecule has 0 spiro atoms. The first-order valence-electron chi connectivity index (χ1n) is 7.50. The fraction of sp³-hybridized carbons (Fsp3) is 0.105. The van der Waals surface area contributed by atoms with Gasteiger partial charge in [-0.1, -0.05) is 48.5 Å². The van der Waals surface area contributed by atoms with E-state index in [0.717, 1.165) is 22.5 Å². The second kappa shape index (κ2) is 6.60. The van der Waals surface area contributed by atoms with Crippen LogP contribution < -0.4 is 0 Å². The van der Waals surface area contributed by atoms with E-state index >= 15 is 0 Å². The van der Waals surface area contributed by atoms with Gasteiger partial charge in [-0.3, -0.25) is 0 Å². The zero-order valence-electron chi connectivity index (χ0n) is 12.8. The minimum absolute atomic E-state index is 0.550. The molecular formula is C19H17NO4. The molecule has 5 heteroatoms. The van der Waals surface area contributed by atoms with Gasteiger partial charge in [0.1, 0.15) is 6.10 Å². The normalized spacial score (nSPS) is 13.1. The Morgan fingerprint density at radius 2 is 1.71 bits per heavy atom. The lowest BCUT2D eigenvalue weighted by atomic mass is 10.1. The molecule has 1 atom stereocenters. The highest BCUT2D eigenvalue weighted by atomic mass is 16.4. The predicted octanol–water partition coefficient (Wildman–Crippen LogP) is 3.25.